The van der Waals surface area contributed by atoms with E-state index in [2.05, 4.69) is 33.3 Å². The average molecular weight is 315 g/mol. The minimum absolute atomic E-state index is 0.143. The summed E-state index contributed by atoms with van der Waals surface area (Å²) in [7, 11) is 0. The number of nitrogens with zero attached hydrogens (tertiary/aromatic N) is 1. The molecule has 0 saturated heterocycles. The molecule has 1 amide bonds. The van der Waals surface area contributed by atoms with Crippen molar-refractivity contribution in [3.63, 3.8) is 0 Å². The molecular weight excluding hydrogens is 296 g/mol. The van der Waals surface area contributed by atoms with Gasteiger partial charge in [-0.25, -0.2) is 0 Å². The Balaban J connectivity index is 2.08. The predicted octanol–water partition coefficient (Wildman–Crippen LogP) is 3.06. The third-order valence-corrected chi connectivity index (χ3v) is 4.65. The zero-order valence-electron chi connectivity index (χ0n) is 10.8. The summed E-state index contributed by atoms with van der Waals surface area (Å²) in [4.78, 5) is 12.1. The number of nitrogens with one attached hydrogen (secondary N) is 1. The average Bonchev–Trinajstić information content (AvgIpc) is 2.76. The second-order valence-corrected chi connectivity index (χ2v) is 5.96. The van der Waals surface area contributed by atoms with Crippen molar-refractivity contribution < 1.29 is 9.32 Å². The van der Waals surface area contributed by atoms with Crippen LogP contribution in [0.5, 0.6) is 0 Å². The smallest absolute Gasteiger partial charge is 0.290 e. The number of aryl methyl sites for hydroxylation is 1. The molecular formula is C13H19BrN2O2. The van der Waals surface area contributed by atoms with Gasteiger partial charge in [0, 0.05) is 11.4 Å². The van der Waals surface area contributed by atoms with E-state index in [-0.39, 0.29) is 11.4 Å². The zero-order valence-corrected chi connectivity index (χ0v) is 12.4. The predicted molar refractivity (Wildman–Crippen MR) is 72.9 cm³/mol. The molecule has 1 aromatic heterocycles. The minimum Gasteiger partial charge on any atom is -0.351 e. The fourth-order valence-corrected chi connectivity index (χ4v) is 3.35. The Kier molecular flexibility index (Phi) is 4.10. The molecule has 2 atom stereocenters. The van der Waals surface area contributed by atoms with Gasteiger partial charge in [0.25, 0.3) is 5.91 Å². The maximum atomic E-state index is 12.1. The summed E-state index contributed by atoms with van der Waals surface area (Å²) in [5.41, 5.74) is 0.583. The van der Waals surface area contributed by atoms with Crippen LogP contribution in [0, 0.1) is 12.8 Å². The van der Waals surface area contributed by atoms with Crippen LogP contribution >= 0.6 is 15.9 Å². The van der Waals surface area contributed by atoms with Crippen molar-refractivity contribution >= 4 is 21.8 Å². The minimum atomic E-state index is -0.163. The van der Waals surface area contributed by atoms with Crippen LogP contribution in [0.4, 0.5) is 0 Å². The van der Waals surface area contributed by atoms with E-state index in [1.165, 1.54) is 6.42 Å². The molecule has 2 unspecified atom stereocenters. The summed E-state index contributed by atoms with van der Waals surface area (Å²) < 4.78 is 5.01. The Morgan fingerprint density at radius 1 is 1.72 bits per heavy atom. The van der Waals surface area contributed by atoms with Crippen molar-refractivity contribution in [2.24, 2.45) is 5.92 Å². The maximum Gasteiger partial charge on any atom is 0.290 e. The lowest BCUT2D eigenvalue weighted by Crippen LogP contribution is -2.52. The summed E-state index contributed by atoms with van der Waals surface area (Å²) >= 11 is 3.54. The largest absolute Gasteiger partial charge is 0.351 e. The normalized spacial score (nSPS) is 28.1. The van der Waals surface area contributed by atoms with Crippen molar-refractivity contribution in [3.8, 4) is 0 Å². The molecule has 1 heterocycles. The van der Waals surface area contributed by atoms with Gasteiger partial charge in [0.1, 0.15) is 0 Å². The summed E-state index contributed by atoms with van der Waals surface area (Å²) in [6.45, 7) is 4.05. The summed E-state index contributed by atoms with van der Waals surface area (Å²) in [5, 5.41) is 7.65. The van der Waals surface area contributed by atoms with E-state index in [0.717, 1.165) is 30.3 Å². The van der Waals surface area contributed by atoms with E-state index in [0.29, 0.717) is 11.7 Å². The Bertz CT molecular complexity index is 432. The van der Waals surface area contributed by atoms with E-state index in [1.54, 1.807) is 6.07 Å². The molecule has 0 radical (unpaired) electrons. The highest BCUT2D eigenvalue weighted by Crippen LogP contribution is 2.33. The summed E-state index contributed by atoms with van der Waals surface area (Å²) in [6, 6.07) is 1.67. The van der Waals surface area contributed by atoms with Crippen LogP contribution in [0.1, 0.15) is 48.9 Å². The van der Waals surface area contributed by atoms with Crippen LogP contribution in [0.2, 0.25) is 0 Å². The van der Waals surface area contributed by atoms with Gasteiger partial charge in [-0.15, -0.1) is 0 Å². The van der Waals surface area contributed by atoms with E-state index in [1.807, 2.05) is 6.92 Å². The van der Waals surface area contributed by atoms with E-state index >= 15 is 0 Å². The van der Waals surface area contributed by atoms with Crippen LogP contribution in [-0.4, -0.2) is 21.9 Å². The van der Waals surface area contributed by atoms with Crippen LogP contribution in [0.15, 0.2) is 10.6 Å². The number of alkyl halides is 1. The quantitative estimate of drug-likeness (QED) is 0.872. The molecule has 1 aromatic rings. The number of carbonyl (C=O) groups is 1. The van der Waals surface area contributed by atoms with E-state index in [4.69, 9.17) is 4.52 Å². The monoisotopic (exact) mass is 314 g/mol. The fourth-order valence-electron chi connectivity index (χ4n) is 2.70. The molecule has 1 aliphatic rings. The Morgan fingerprint density at radius 3 is 3.06 bits per heavy atom. The number of rotatable bonds is 3. The van der Waals surface area contributed by atoms with Crippen molar-refractivity contribution in [1.82, 2.24) is 10.5 Å². The Hall–Kier alpha value is -0.840. The van der Waals surface area contributed by atoms with E-state index in [9.17, 15) is 4.79 Å². The number of aromatic nitrogens is 1. The number of amides is 1. The molecule has 0 spiro atoms. The topological polar surface area (TPSA) is 55.1 Å². The first-order valence-electron chi connectivity index (χ1n) is 6.36. The van der Waals surface area contributed by atoms with Gasteiger partial charge in [-0.1, -0.05) is 40.9 Å². The second kappa shape index (κ2) is 5.43. The van der Waals surface area contributed by atoms with Crippen LogP contribution < -0.4 is 5.32 Å². The van der Waals surface area contributed by atoms with Gasteiger partial charge in [-0.2, -0.15) is 0 Å². The molecule has 1 fully saturated rings. The van der Waals surface area contributed by atoms with Gasteiger partial charge in [-0.3, -0.25) is 4.79 Å². The molecule has 0 bridgehead atoms. The zero-order chi connectivity index (χ0) is 13.2. The molecule has 1 saturated carbocycles. The Morgan fingerprint density at radius 2 is 2.50 bits per heavy atom. The first kappa shape index (κ1) is 13.6. The molecule has 1 aliphatic carbocycles. The first-order valence-corrected chi connectivity index (χ1v) is 7.49. The molecule has 100 valence electrons. The van der Waals surface area contributed by atoms with Gasteiger partial charge in [0.15, 0.2) is 0 Å². The SMILES string of the molecule is Cc1cc(C(=O)NC2(CBr)CCCC(C)C2)on1. The molecule has 2 rings (SSSR count). The highest BCUT2D eigenvalue weighted by atomic mass is 79.9. The summed E-state index contributed by atoms with van der Waals surface area (Å²) in [5.74, 6) is 0.781. The summed E-state index contributed by atoms with van der Waals surface area (Å²) in [6.07, 6.45) is 4.42. The number of hydrogen-bond acceptors (Lipinski definition) is 3. The molecule has 1 N–H and O–H groups in total. The molecule has 4 nitrogen and oxygen atoms in total. The fraction of sp³-hybridized carbons (Fsp3) is 0.692. The number of hydrogen-bond donors (Lipinski definition) is 1. The van der Waals surface area contributed by atoms with Gasteiger partial charge in [0.2, 0.25) is 5.76 Å². The van der Waals surface area contributed by atoms with Crippen molar-refractivity contribution in [2.75, 3.05) is 5.33 Å². The van der Waals surface area contributed by atoms with Gasteiger partial charge < -0.3 is 9.84 Å². The third kappa shape index (κ3) is 2.94. The lowest BCUT2D eigenvalue weighted by Gasteiger charge is -2.39. The molecule has 18 heavy (non-hydrogen) atoms. The van der Waals surface area contributed by atoms with Crippen LogP contribution in [0.25, 0.3) is 0 Å². The molecule has 0 aliphatic heterocycles. The van der Waals surface area contributed by atoms with Gasteiger partial charge in [-0.05, 0) is 25.7 Å². The number of halogens is 1. The molecule has 0 aromatic carbocycles. The highest BCUT2D eigenvalue weighted by molar-refractivity contribution is 9.09. The van der Waals surface area contributed by atoms with E-state index < -0.39 is 0 Å². The van der Waals surface area contributed by atoms with Crippen LogP contribution in [-0.2, 0) is 0 Å². The van der Waals surface area contributed by atoms with Crippen LogP contribution in [0.3, 0.4) is 0 Å². The lowest BCUT2D eigenvalue weighted by molar-refractivity contribution is 0.0831. The third-order valence-electron chi connectivity index (χ3n) is 3.58. The van der Waals surface area contributed by atoms with Gasteiger partial charge >= 0.3 is 0 Å². The highest BCUT2D eigenvalue weighted by Gasteiger charge is 2.36. The standard InChI is InChI=1S/C13H19BrN2O2/c1-9-4-3-5-13(7-9,8-14)15-12(17)11-6-10(2)16-18-11/h6,9H,3-5,7-8H2,1-2H3,(H,15,17). The maximum absolute atomic E-state index is 12.1. The Labute approximate surface area is 116 Å². The molecule has 5 heteroatoms. The first-order chi connectivity index (χ1) is 8.54. The second-order valence-electron chi connectivity index (χ2n) is 5.40. The van der Waals surface area contributed by atoms with Crippen molar-refractivity contribution in [3.05, 3.63) is 17.5 Å². The van der Waals surface area contributed by atoms with Crippen molar-refractivity contribution in [1.29, 1.82) is 0 Å². The van der Waals surface area contributed by atoms with Crippen molar-refractivity contribution in [2.45, 2.75) is 45.1 Å². The van der Waals surface area contributed by atoms with Gasteiger partial charge in [0.05, 0.1) is 11.2 Å². The lowest BCUT2D eigenvalue weighted by atomic mass is 9.77. The number of carbonyl (C=O) groups excluding carboxylic acids is 1.